The van der Waals surface area contributed by atoms with Crippen LogP contribution in [0.25, 0.3) is 0 Å². The van der Waals surface area contributed by atoms with Crippen LogP contribution in [0.2, 0.25) is 0 Å². The second-order valence-electron chi connectivity index (χ2n) is 4.70. The molecular weight excluding hydrogens is 258 g/mol. The number of nitrogens with one attached hydrogen (secondary N) is 3. The Kier molecular flexibility index (Phi) is 4.34. The van der Waals surface area contributed by atoms with Crippen LogP contribution >= 0.6 is 0 Å². The molecule has 1 aliphatic carbocycles. The summed E-state index contributed by atoms with van der Waals surface area (Å²) in [6.45, 7) is -0.0600. The van der Waals surface area contributed by atoms with Gasteiger partial charge in [-0.1, -0.05) is 0 Å². The summed E-state index contributed by atoms with van der Waals surface area (Å²) in [5.41, 5.74) is 1.11. The van der Waals surface area contributed by atoms with E-state index in [1.54, 1.807) is 24.3 Å². The summed E-state index contributed by atoms with van der Waals surface area (Å²) < 4.78 is 0. The Hall–Kier alpha value is -2.37. The zero-order valence-electron chi connectivity index (χ0n) is 11.2. The molecule has 1 aromatic rings. The minimum absolute atomic E-state index is 0.0295. The zero-order valence-corrected chi connectivity index (χ0v) is 11.2. The van der Waals surface area contributed by atoms with Crippen LogP contribution in [-0.4, -0.2) is 31.3 Å². The van der Waals surface area contributed by atoms with Gasteiger partial charge in [0.05, 0.1) is 6.54 Å². The molecule has 0 saturated heterocycles. The van der Waals surface area contributed by atoms with E-state index in [2.05, 4.69) is 16.0 Å². The molecule has 3 amide bonds. The van der Waals surface area contributed by atoms with Crippen LogP contribution in [0.5, 0.6) is 0 Å². The molecule has 106 valence electrons. The molecule has 0 atom stereocenters. The number of hydrogen-bond acceptors (Lipinski definition) is 3. The molecule has 1 fully saturated rings. The minimum atomic E-state index is -0.325. The van der Waals surface area contributed by atoms with Crippen molar-refractivity contribution in [3.63, 3.8) is 0 Å². The van der Waals surface area contributed by atoms with Gasteiger partial charge in [0.25, 0.3) is 5.91 Å². The lowest BCUT2D eigenvalue weighted by molar-refractivity contribution is -0.119. The molecule has 0 unspecified atom stereocenters. The fourth-order valence-electron chi connectivity index (χ4n) is 1.65. The van der Waals surface area contributed by atoms with E-state index in [0.717, 1.165) is 12.8 Å². The van der Waals surface area contributed by atoms with E-state index in [1.807, 2.05) is 0 Å². The maximum Gasteiger partial charge on any atom is 0.251 e. The average Bonchev–Trinajstić information content (AvgIpc) is 3.29. The van der Waals surface area contributed by atoms with Crippen LogP contribution in [-0.2, 0) is 9.59 Å². The smallest absolute Gasteiger partial charge is 0.251 e. The van der Waals surface area contributed by atoms with Crippen molar-refractivity contribution in [3.05, 3.63) is 29.8 Å². The van der Waals surface area contributed by atoms with E-state index < -0.39 is 0 Å². The van der Waals surface area contributed by atoms with Crippen molar-refractivity contribution < 1.29 is 14.4 Å². The first kappa shape index (κ1) is 14.0. The molecule has 6 nitrogen and oxygen atoms in total. The maximum atomic E-state index is 11.7. The number of amides is 3. The first-order chi connectivity index (χ1) is 9.60. The monoisotopic (exact) mass is 275 g/mol. The fraction of sp³-hybridized carbons (Fsp3) is 0.357. The van der Waals surface area contributed by atoms with Gasteiger partial charge in [-0.2, -0.15) is 0 Å². The summed E-state index contributed by atoms with van der Waals surface area (Å²) in [5, 5.41) is 7.71. The second-order valence-corrected chi connectivity index (χ2v) is 4.70. The van der Waals surface area contributed by atoms with Gasteiger partial charge in [0.1, 0.15) is 0 Å². The predicted octanol–water partition coefficient (Wildman–Crippen LogP) is 0.511. The molecule has 1 aliphatic rings. The minimum Gasteiger partial charge on any atom is -0.358 e. The Balaban J connectivity index is 1.88. The van der Waals surface area contributed by atoms with Crippen molar-refractivity contribution in [2.45, 2.75) is 12.8 Å². The van der Waals surface area contributed by atoms with Crippen molar-refractivity contribution >= 4 is 23.4 Å². The van der Waals surface area contributed by atoms with E-state index in [1.165, 1.54) is 7.05 Å². The molecule has 0 aromatic heterocycles. The summed E-state index contributed by atoms with van der Waals surface area (Å²) >= 11 is 0. The highest BCUT2D eigenvalue weighted by Crippen LogP contribution is 2.30. The van der Waals surface area contributed by atoms with Gasteiger partial charge in [-0.15, -0.1) is 0 Å². The molecule has 0 aliphatic heterocycles. The van der Waals surface area contributed by atoms with Crippen LogP contribution in [0.3, 0.4) is 0 Å². The van der Waals surface area contributed by atoms with E-state index in [4.69, 9.17) is 0 Å². The van der Waals surface area contributed by atoms with Crippen molar-refractivity contribution in [2.24, 2.45) is 5.92 Å². The molecule has 3 N–H and O–H groups in total. The summed E-state index contributed by atoms with van der Waals surface area (Å²) in [4.78, 5) is 34.3. The van der Waals surface area contributed by atoms with Gasteiger partial charge in [0.15, 0.2) is 0 Å². The lowest BCUT2D eigenvalue weighted by atomic mass is 10.2. The topological polar surface area (TPSA) is 87.3 Å². The van der Waals surface area contributed by atoms with Crippen LogP contribution < -0.4 is 16.0 Å². The molecule has 0 heterocycles. The lowest BCUT2D eigenvalue weighted by Gasteiger charge is -2.06. The summed E-state index contributed by atoms with van der Waals surface area (Å²) in [5.74, 6) is -0.410. The molecule has 1 aromatic carbocycles. The molecule has 0 radical (unpaired) electrons. The van der Waals surface area contributed by atoms with Gasteiger partial charge in [-0.05, 0) is 37.1 Å². The Morgan fingerprint density at radius 1 is 1.15 bits per heavy atom. The third-order valence-electron chi connectivity index (χ3n) is 3.05. The molecule has 2 rings (SSSR count). The van der Waals surface area contributed by atoms with Crippen LogP contribution in [0.1, 0.15) is 23.2 Å². The van der Waals surface area contributed by atoms with E-state index in [0.29, 0.717) is 11.3 Å². The van der Waals surface area contributed by atoms with Gasteiger partial charge in [-0.25, -0.2) is 0 Å². The van der Waals surface area contributed by atoms with Crippen LogP contribution in [0.4, 0.5) is 5.69 Å². The average molecular weight is 275 g/mol. The Morgan fingerprint density at radius 2 is 1.80 bits per heavy atom. The van der Waals surface area contributed by atoms with Crippen molar-refractivity contribution in [1.29, 1.82) is 0 Å². The van der Waals surface area contributed by atoms with E-state index >= 15 is 0 Å². The summed E-state index contributed by atoms with van der Waals surface area (Å²) in [6.07, 6.45) is 1.90. The molecular formula is C14H17N3O3. The van der Waals surface area contributed by atoms with Gasteiger partial charge in [0.2, 0.25) is 11.8 Å². The van der Waals surface area contributed by atoms with E-state index in [-0.39, 0.29) is 30.2 Å². The van der Waals surface area contributed by atoms with Crippen molar-refractivity contribution in [3.8, 4) is 0 Å². The van der Waals surface area contributed by atoms with Crippen molar-refractivity contribution in [1.82, 2.24) is 10.6 Å². The summed E-state index contributed by atoms with van der Waals surface area (Å²) in [6, 6.07) is 6.58. The van der Waals surface area contributed by atoms with E-state index in [9.17, 15) is 14.4 Å². The number of hydrogen-bond donors (Lipinski definition) is 3. The highest BCUT2D eigenvalue weighted by Gasteiger charge is 2.29. The maximum absolute atomic E-state index is 11.7. The Labute approximate surface area is 116 Å². The molecule has 1 saturated carbocycles. The number of benzene rings is 1. The SMILES string of the molecule is CNC(=O)CNC(=O)c1ccc(NC(=O)C2CC2)cc1. The van der Waals surface area contributed by atoms with Gasteiger partial charge < -0.3 is 16.0 Å². The van der Waals surface area contributed by atoms with Gasteiger partial charge in [-0.3, -0.25) is 14.4 Å². The second kappa shape index (κ2) is 6.18. The lowest BCUT2D eigenvalue weighted by Crippen LogP contribution is -2.35. The van der Waals surface area contributed by atoms with Crippen LogP contribution in [0.15, 0.2) is 24.3 Å². The first-order valence-electron chi connectivity index (χ1n) is 6.50. The first-order valence-corrected chi connectivity index (χ1v) is 6.50. The normalized spacial score (nSPS) is 13.4. The molecule has 20 heavy (non-hydrogen) atoms. The molecule has 6 heteroatoms. The van der Waals surface area contributed by atoms with Gasteiger partial charge in [0, 0.05) is 24.2 Å². The number of carbonyl (C=O) groups excluding carboxylic acids is 3. The third-order valence-corrected chi connectivity index (χ3v) is 3.05. The highest BCUT2D eigenvalue weighted by atomic mass is 16.2. The number of anilines is 1. The summed E-state index contributed by atoms with van der Waals surface area (Å²) in [7, 11) is 1.51. The Bertz CT molecular complexity index is 521. The number of carbonyl (C=O) groups is 3. The third kappa shape index (κ3) is 3.81. The highest BCUT2D eigenvalue weighted by molar-refractivity contribution is 5.98. The number of likely N-dealkylation sites (N-methyl/N-ethyl adjacent to an activating group) is 1. The standard InChI is InChI=1S/C14H17N3O3/c1-15-12(18)8-16-13(19)9-4-6-11(7-5-9)17-14(20)10-2-3-10/h4-7,10H,2-3,8H2,1H3,(H,15,18)(H,16,19)(H,17,20). The predicted molar refractivity (Wildman–Crippen MR) is 74.2 cm³/mol. The van der Waals surface area contributed by atoms with Crippen LogP contribution in [0, 0.1) is 5.92 Å². The Morgan fingerprint density at radius 3 is 2.35 bits per heavy atom. The molecule has 0 bridgehead atoms. The number of rotatable bonds is 5. The quantitative estimate of drug-likeness (QED) is 0.731. The fourth-order valence-corrected chi connectivity index (χ4v) is 1.65. The van der Waals surface area contributed by atoms with Crippen molar-refractivity contribution in [2.75, 3.05) is 18.9 Å². The largest absolute Gasteiger partial charge is 0.358 e. The van der Waals surface area contributed by atoms with Gasteiger partial charge >= 0.3 is 0 Å². The molecule has 0 spiro atoms. The zero-order chi connectivity index (χ0) is 14.5.